The maximum Gasteiger partial charge on any atom is 0.217 e. The molecule has 15 heavy (non-hydrogen) atoms. The monoisotopic (exact) mass is 206 g/mol. The summed E-state index contributed by atoms with van der Waals surface area (Å²) in [6.07, 6.45) is 1.11. The van der Waals surface area contributed by atoms with Crippen molar-refractivity contribution in [2.75, 3.05) is 11.9 Å². The van der Waals surface area contributed by atoms with Crippen LogP contribution in [0, 0.1) is 6.92 Å². The van der Waals surface area contributed by atoms with Gasteiger partial charge >= 0.3 is 0 Å². The first kappa shape index (κ1) is 11.6. The Labute approximate surface area is 90.7 Å². The Kier molecular flexibility index (Phi) is 4.16. The van der Waals surface area contributed by atoms with Gasteiger partial charge in [0.15, 0.2) is 0 Å². The van der Waals surface area contributed by atoms with E-state index in [0.717, 1.165) is 17.8 Å². The summed E-state index contributed by atoms with van der Waals surface area (Å²) in [7, 11) is 0. The number of benzene rings is 1. The van der Waals surface area contributed by atoms with Gasteiger partial charge in [-0.15, -0.1) is 0 Å². The molecule has 0 aliphatic heterocycles. The number of nitrogens with one attached hydrogen (secondary N) is 1. The van der Waals surface area contributed by atoms with Gasteiger partial charge in [0, 0.05) is 18.7 Å². The fraction of sp³-hybridized carbons (Fsp3) is 0.417. The number of hydrogen-bond acceptors (Lipinski definition) is 2. The first-order valence-corrected chi connectivity index (χ1v) is 5.25. The lowest BCUT2D eigenvalue weighted by atomic mass is 10.0. The van der Waals surface area contributed by atoms with Crippen LogP contribution in [0.5, 0.6) is 0 Å². The molecule has 3 N–H and O–H groups in total. The zero-order valence-corrected chi connectivity index (χ0v) is 9.34. The van der Waals surface area contributed by atoms with Crippen molar-refractivity contribution in [3.63, 3.8) is 0 Å². The summed E-state index contributed by atoms with van der Waals surface area (Å²) in [5.74, 6) is -0.252. The molecule has 0 aromatic heterocycles. The third kappa shape index (κ3) is 3.62. The van der Waals surface area contributed by atoms with Crippen molar-refractivity contribution in [2.45, 2.75) is 26.7 Å². The summed E-state index contributed by atoms with van der Waals surface area (Å²) in [6, 6.07) is 6.20. The molecule has 0 unspecified atom stereocenters. The smallest absolute Gasteiger partial charge is 0.217 e. The minimum absolute atomic E-state index is 0.252. The molecule has 0 heterocycles. The number of anilines is 1. The van der Waals surface area contributed by atoms with E-state index < -0.39 is 0 Å². The van der Waals surface area contributed by atoms with Crippen LogP contribution in [0.3, 0.4) is 0 Å². The van der Waals surface area contributed by atoms with Gasteiger partial charge in [-0.05, 0) is 37.5 Å². The average molecular weight is 206 g/mol. The Bertz CT molecular complexity index is 347. The number of rotatable bonds is 5. The zero-order valence-electron chi connectivity index (χ0n) is 9.34. The fourth-order valence-corrected chi connectivity index (χ4v) is 1.52. The van der Waals surface area contributed by atoms with Crippen molar-refractivity contribution in [3.05, 3.63) is 29.3 Å². The summed E-state index contributed by atoms with van der Waals surface area (Å²) in [4.78, 5) is 10.7. The van der Waals surface area contributed by atoms with Crippen molar-refractivity contribution >= 4 is 11.6 Å². The van der Waals surface area contributed by atoms with Crippen LogP contribution in [0.2, 0.25) is 0 Å². The molecule has 0 aliphatic carbocycles. The van der Waals surface area contributed by atoms with Crippen LogP contribution >= 0.6 is 0 Å². The van der Waals surface area contributed by atoms with Gasteiger partial charge in [0.2, 0.25) is 5.91 Å². The van der Waals surface area contributed by atoms with Crippen molar-refractivity contribution in [2.24, 2.45) is 5.73 Å². The molecule has 1 amide bonds. The molecule has 1 aromatic rings. The molecule has 1 aromatic carbocycles. The number of primary amides is 1. The van der Waals surface area contributed by atoms with Crippen LogP contribution in [0.25, 0.3) is 0 Å². The highest BCUT2D eigenvalue weighted by molar-refractivity contribution is 5.74. The molecule has 0 aliphatic rings. The predicted octanol–water partition coefficient (Wildman–Crippen LogP) is 1.84. The third-order valence-corrected chi connectivity index (χ3v) is 2.27. The Morgan fingerprint density at radius 1 is 1.47 bits per heavy atom. The van der Waals surface area contributed by atoms with E-state index in [0.29, 0.717) is 12.8 Å². The molecule has 0 radical (unpaired) electrons. The number of carbonyl (C=O) groups excluding carboxylic acids is 1. The largest absolute Gasteiger partial charge is 0.385 e. The van der Waals surface area contributed by atoms with Crippen molar-refractivity contribution in [1.29, 1.82) is 0 Å². The molecule has 0 atom stereocenters. The lowest BCUT2D eigenvalue weighted by molar-refractivity contribution is -0.117. The standard InChI is InChI=1S/C12H18N2O/c1-3-14-11-8-9(2)4-5-10(11)6-7-12(13)15/h4-5,8,14H,3,6-7H2,1-2H3,(H2,13,15). The minimum Gasteiger partial charge on any atom is -0.385 e. The molecular formula is C12H18N2O. The van der Waals surface area contributed by atoms with Gasteiger partial charge in [0.25, 0.3) is 0 Å². The van der Waals surface area contributed by atoms with E-state index in [9.17, 15) is 4.79 Å². The summed E-state index contributed by atoms with van der Waals surface area (Å²) in [5.41, 5.74) is 8.62. The highest BCUT2D eigenvalue weighted by atomic mass is 16.1. The van der Waals surface area contributed by atoms with Crippen LogP contribution in [0.4, 0.5) is 5.69 Å². The van der Waals surface area contributed by atoms with Crippen molar-refractivity contribution < 1.29 is 4.79 Å². The first-order chi connectivity index (χ1) is 7.13. The Morgan fingerprint density at radius 2 is 2.20 bits per heavy atom. The van der Waals surface area contributed by atoms with E-state index in [1.807, 2.05) is 0 Å². The maximum atomic E-state index is 10.7. The first-order valence-electron chi connectivity index (χ1n) is 5.25. The van der Waals surface area contributed by atoms with E-state index in [-0.39, 0.29) is 5.91 Å². The van der Waals surface area contributed by atoms with Crippen LogP contribution in [-0.2, 0) is 11.2 Å². The molecular weight excluding hydrogens is 188 g/mol. The summed E-state index contributed by atoms with van der Waals surface area (Å²) >= 11 is 0. The lowest BCUT2D eigenvalue weighted by Gasteiger charge is -2.10. The second kappa shape index (κ2) is 5.39. The van der Waals surface area contributed by atoms with Gasteiger partial charge in [-0.25, -0.2) is 0 Å². The summed E-state index contributed by atoms with van der Waals surface area (Å²) in [5, 5.41) is 3.29. The Hall–Kier alpha value is -1.51. The molecule has 3 heteroatoms. The highest BCUT2D eigenvalue weighted by Gasteiger charge is 2.03. The third-order valence-electron chi connectivity index (χ3n) is 2.27. The number of hydrogen-bond donors (Lipinski definition) is 2. The zero-order chi connectivity index (χ0) is 11.3. The van der Waals surface area contributed by atoms with E-state index >= 15 is 0 Å². The van der Waals surface area contributed by atoms with Gasteiger partial charge in [-0.3, -0.25) is 4.79 Å². The van der Waals surface area contributed by atoms with E-state index in [1.165, 1.54) is 5.56 Å². The highest BCUT2D eigenvalue weighted by Crippen LogP contribution is 2.18. The lowest BCUT2D eigenvalue weighted by Crippen LogP contribution is -2.12. The molecule has 0 saturated heterocycles. The summed E-state index contributed by atoms with van der Waals surface area (Å²) in [6.45, 7) is 4.99. The minimum atomic E-state index is -0.252. The second-order valence-corrected chi connectivity index (χ2v) is 3.66. The van der Waals surface area contributed by atoms with Gasteiger partial charge in [-0.2, -0.15) is 0 Å². The van der Waals surface area contributed by atoms with Crippen LogP contribution < -0.4 is 11.1 Å². The topological polar surface area (TPSA) is 55.1 Å². The SMILES string of the molecule is CCNc1cc(C)ccc1CCC(N)=O. The molecule has 3 nitrogen and oxygen atoms in total. The number of amides is 1. The quantitative estimate of drug-likeness (QED) is 0.772. The maximum absolute atomic E-state index is 10.7. The summed E-state index contributed by atoms with van der Waals surface area (Å²) < 4.78 is 0. The van der Waals surface area contributed by atoms with Crippen molar-refractivity contribution in [1.82, 2.24) is 0 Å². The second-order valence-electron chi connectivity index (χ2n) is 3.66. The molecule has 0 bridgehead atoms. The van der Waals surface area contributed by atoms with Gasteiger partial charge < -0.3 is 11.1 Å². The normalized spacial score (nSPS) is 10.0. The molecule has 82 valence electrons. The molecule has 0 spiro atoms. The molecule has 1 rings (SSSR count). The molecule has 0 saturated carbocycles. The van der Waals surface area contributed by atoms with Crippen molar-refractivity contribution in [3.8, 4) is 0 Å². The number of carbonyl (C=O) groups is 1. The van der Waals surface area contributed by atoms with Gasteiger partial charge in [0.1, 0.15) is 0 Å². The van der Waals surface area contributed by atoms with Gasteiger partial charge in [0.05, 0.1) is 0 Å². The fourth-order valence-electron chi connectivity index (χ4n) is 1.52. The van der Waals surface area contributed by atoms with Crippen LogP contribution in [0.15, 0.2) is 18.2 Å². The Balaban J connectivity index is 2.80. The number of aryl methyl sites for hydroxylation is 2. The van der Waals surface area contributed by atoms with E-state index in [4.69, 9.17) is 5.73 Å². The Morgan fingerprint density at radius 3 is 2.80 bits per heavy atom. The average Bonchev–Trinajstić information content (AvgIpc) is 2.17. The molecule has 0 fully saturated rings. The number of nitrogens with two attached hydrogens (primary N) is 1. The van der Waals surface area contributed by atoms with E-state index in [1.54, 1.807) is 0 Å². The van der Waals surface area contributed by atoms with Crippen LogP contribution in [-0.4, -0.2) is 12.5 Å². The van der Waals surface area contributed by atoms with E-state index in [2.05, 4.69) is 37.4 Å². The van der Waals surface area contributed by atoms with Crippen LogP contribution in [0.1, 0.15) is 24.5 Å². The predicted molar refractivity (Wildman–Crippen MR) is 62.9 cm³/mol. The van der Waals surface area contributed by atoms with Gasteiger partial charge in [-0.1, -0.05) is 12.1 Å².